The average molecular weight is 433 g/mol. The molecule has 4 rings (SSSR count). The highest BCUT2D eigenvalue weighted by Crippen LogP contribution is 2.55. The molecular weight excluding hydrogens is 411 g/mol. The van der Waals surface area contributed by atoms with Crippen LogP contribution in [0.1, 0.15) is 37.3 Å². The molecule has 7 heteroatoms. The van der Waals surface area contributed by atoms with E-state index in [-0.39, 0.29) is 17.9 Å². The molecule has 2 heterocycles. The second kappa shape index (κ2) is 7.31. The van der Waals surface area contributed by atoms with Crippen LogP contribution < -0.4 is 10.6 Å². The summed E-state index contributed by atoms with van der Waals surface area (Å²) in [4.78, 5) is 25.8. The van der Waals surface area contributed by atoms with Crippen molar-refractivity contribution in [1.82, 2.24) is 5.32 Å². The van der Waals surface area contributed by atoms with Crippen LogP contribution in [0.5, 0.6) is 0 Å². The molecule has 0 radical (unpaired) electrons. The lowest BCUT2D eigenvalue weighted by molar-refractivity contribution is -0.139. The van der Waals surface area contributed by atoms with Crippen molar-refractivity contribution in [1.29, 1.82) is 0 Å². The maximum Gasteiger partial charge on any atom is 0.321 e. The van der Waals surface area contributed by atoms with E-state index in [1.54, 1.807) is 24.3 Å². The summed E-state index contributed by atoms with van der Waals surface area (Å²) in [5.74, 6) is -1.50. The largest absolute Gasteiger partial charge is 0.480 e. The summed E-state index contributed by atoms with van der Waals surface area (Å²) < 4.78 is 0. The zero-order valence-electron chi connectivity index (χ0n) is 16.1. The summed E-state index contributed by atoms with van der Waals surface area (Å²) in [6, 6.07) is 11.2. The first-order valence-electron chi connectivity index (χ1n) is 9.61. The Kier molecular flexibility index (Phi) is 5.09. The molecule has 3 N–H and O–H groups in total. The molecule has 2 aromatic rings. The Hall–Kier alpha value is -2.08. The highest BCUT2D eigenvalue weighted by Gasteiger charge is 2.65. The second-order valence-electron chi connectivity index (χ2n) is 8.21. The highest BCUT2D eigenvalue weighted by molar-refractivity contribution is 6.31. The normalized spacial score (nSPS) is 28.0. The van der Waals surface area contributed by atoms with Crippen molar-refractivity contribution in [3.05, 3.63) is 63.6 Å². The number of aliphatic carboxylic acids is 1. The maximum absolute atomic E-state index is 13.6. The third-order valence-electron chi connectivity index (χ3n) is 6.01. The third kappa shape index (κ3) is 3.12. The van der Waals surface area contributed by atoms with Crippen molar-refractivity contribution >= 4 is 40.8 Å². The van der Waals surface area contributed by atoms with E-state index < -0.39 is 23.3 Å². The number of fused-ring (bicyclic) bond motifs is 2. The van der Waals surface area contributed by atoms with Crippen LogP contribution in [0, 0.1) is 5.92 Å². The Morgan fingerprint density at radius 3 is 2.41 bits per heavy atom. The molecule has 152 valence electrons. The van der Waals surface area contributed by atoms with Gasteiger partial charge in [-0.3, -0.25) is 14.9 Å². The number of hydrogen-bond acceptors (Lipinski definition) is 3. The first-order valence-corrected chi connectivity index (χ1v) is 10.4. The van der Waals surface area contributed by atoms with Crippen molar-refractivity contribution in [2.45, 2.75) is 43.7 Å². The van der Waals surface area contributed by atoms with Crippen molar-refractivity contribution < 1.29 is 14.7 Å². The zero-order valence-corrected chi connectivity index (χ0v) is 17.6. The van der Waals surface area contributed by atoms with E-state index >= 15 is 0 Å². The molecule has 0 unspecified atom stereocenters. The zero-order chi connectivity index (χ0) is 20.9. The lowest BCUT2D eigenvalue weighted by Gasteiger charge is -2.35. The van der Waals surface area contributed by atoms with Crippen LogP contribution in [0.3, 0.4) is 0 Å². The minimum Gasteiger partial charge on any atom is -0.480 e. The van der Waals surface area contributed by atoms with Gasteiger partial charge in [0.05, 0.1) is 0 Å². The summed E-state index contributed by atoms with van der Waals surface area (Å²) in [5.41, 5.74) is 1.14. The average Bonchev–Trinajstić information content (AvgIpc) is 3.12. The molecule has 4 atom stereocenters. The topological polar surface area (TPSA) is 78.4 Å². The summed E-state index contributed by atoms with van der Waals surface area (Å²) in [5, 5.41) is 17.3. The van der Waals surface area contributed by atoms with Crippen LogP contribution in [0.15, 0.2) is 42.5 Å². The maximum atomic E-state index is 13.6. The third-order valence-corrected chi connectivity index (χ3v) is 6.49. The first-order chi connectivity index (χ1) is 13.7. The quantitative estimate of drug-likeness (QED) is 0.667. The molecule has 1 saturated heterocycles. The molecule has 0 saturated carbocycles. The molecule has 2 aromatic carbocycles. The number of amides is 1. The Labute approximate surface area is 179 Å². The number of hydrogen-bond donors (Lipinski definition) is 3. The number of benzene rings is 2. The lowest BCUT2D eigenvalue weighted by atomic mass is 9.63. The van der Waals surface area contributed by atoms with E-state index in [0.29, 0.717) is 22.2 Å². The molecule has 1 fully saturated rings. The van der Waals surface area contributed by atoms with Crippen LogP contribution in [-0.2, 0) is 15.0 Å². The van der Waals surface area contributed by atoms with E-state index in [1.165, 1.54) is 0 Å². The van der Waals surface area contributed by atoms with E-state index in [2.05, 4.69) is 24.5 Å². The molecule has 29 heavy (non-hydrogen) atoms. The standard InChI is InChI=1S/C22H22Cl2N2O3/c1-11(2)9-17-22(15-8-7-14(24)10-16(15)25-21(22)29)18(19(26-17)20(27)28)12-3-5-13(23)6-4-12/h3-8,10-11,17-19,26H,9H2,1-2H3,(H,25,29)(H,27,28)/t17-,18+,19-,22+/m1/s1. The lowest BCUT2D eigenvalue weighted by Crippen LogP contribution is -2.48. The van der Waals surface area contributed by atoms with Gasteiger partial charge in [0.2, 0.25) is 5.91 Å². The molecule has 1 amide bonds. The molecule has 2 aliphatic rings. The van der Waals surface area contributed by atoms with E-state index in [1.807, 2.05) is 18.2 Å². The van der Waals surface area contributed by atoms with Gasteiger partial charge in [0.25, 0.3) is 0 Å². The fourth-order valence-electron chi connectivity index (χ4n) is 4.97. The van der Waals surface area contributed by atoms with Gasteiger partial charge in [-0.05, 0) is 47.7 Å². The number of rotatable bonds is 4. The Morgan fingerprint density at radius 2 is 1.79 bits per heavy atom. The smallest absolute Gasteiger partial charge is 0.321 e. The number of carbonyl (C=O) groups is 2. The SMILES string of the molecule is CC(C)C[C@H]1N[C@@H](C(=O)O)[C@H](c2ccc(Cl)cc2)[C@@]12C(=O)Nc1cc(Cl)ccc12. The van der Waals surface area contributed by atoms with Crippen LogP contribution in [0.25, 0.3) is 0 Å². The molecule has 0 aromatic heterocycles. The van der Waals surface area contributed by atoms with Gasteiger partial charge in [0, 0.05) is 27.7 Å². The fraction of sp³-hybridized carbons (Fsp3) is 0.364. The Bertz CT molecular complexity index is 977. The van der Waals surface area contributed by atoms with Gasteiger partial charge in [0.15, 0.2) is 0 Å². The van der Waals surface area contributed by atoms with Gasteiger partial charge >= 0.3 is 5.97 Å². The number of halogens is 2. The molecular formula is C22H22Cl2N2O3. The van der Waals surface area contributed by atoms with Crippen molar-refractivity contribution in [2.75, 3.05) is 5.32 Å². The van der Waals surface area contributed by atoms with E-state index in [4.69, 9.17) is 23.2 Å². The molecule has 2 aliphatic heterocycles. The van der Waals surface area contributed by atoms with Gasteiger partial charge in [-0.1, -0.05) is 55.2 Å². The van der Waals surface area contributed by atoms with E-state index in [0.717, 1.165) is 11.1 Å². The van der Waals surface area contributed by atoms with Crippen LogP contribution in [0.4, 0.5) is 5.69 Å². The van der Waals surface area contributed by atoms with E-state index in [9.17, 15) is 14.7 Å². The van der Waals surface area contributed by atoms with Gasteiger partial charge in [-0.2, -0.15) is 0 Å². The summed E-state index contributed by atoms with van der Waals surface area (Å²) >= 11 is 12.2. The molecule has 1 spiro atoms. The minimum absolute atomic E-state index is 0.198. The van der Waals surface area contributed by atoms with Crippen LogP contribution in [0.2, 0.25) is 10.0 Å². The summed E-state index contributed by atoms with van der Waals surface area (Å²) in [7, 11) is 0. The first kappa shape index (κ1) is 20.2. The summed E-state index contributed by atoms with van der Waals surface area (Å²) in [6.07, 6.45) is 0.656. The van der Waals surface area contributed by atoms with Gasteiger partial charge < -0.3 is 10.4 Å². The van der Waals surface area contributed by atoms with Crippen molar-refractivity contribution in [3.63, 3.8) is 0 Å². The van der Waals surface area contributed by atoms with Crippen LogP contribution in [-0.4, -0.2) is 29.1 Å². The second-order valence-corrected chi connectivity index (χ2v) is 9.08. The van der Waals surface area contributed by atoms with Gasteiger partial charge in [0.1, 0.15) is 11.5 Å². The number of carboxylic acid groups (broad SMARTS) is 1. The molecule has 0 bridgehead atoms. The highest BCUT2D eigenvalue weighted by atomic mass is 35.5. The number of carbonyl (C=O) groups excluding carboxylic acids is 1. The Balaban J connectivity index is 1.98. The van der Waals surface area contributed by atoms with Gasteiger partial charge in [-0.15, -0.1) is 0 Å². The van der Waals surface area contributed by atoms with Crippen molar-refractivity contribution in [2.24, 2.45) is 5.92 Å². The summed E-state index contributed by atoms with van der Waals surface area (Å²) in [6.45, 7) is 4.13. The van der Waals surface area contributed by atoms with Crippen molar-refractivity contribution in [3.8, 4) is 0 Å². The predicted octanol–water partition coefficient (Wildman–Crippen LogP) is 4.44. The molecule has 0 aliphatic carbocycles. The van der Waals surface area contributed by atoms with Gasteiger partial charge in [-0.25, -0.2) is 0 Å². The number of anilines is 1. The number of carboxylic acids is 1. The van der Waals surface area contributed by atoms with Crippen LogP contribution >= 0.6 is 23.2 Å². The molecule has 5 nitrogen and oxygen atoms in total. The number of nitrogens with one attached hydrogen (secondary N) is 2. The monoisotopic (exact) mass is 432 g/mol. The Morgan fingerprint density at radius 1 is 1.14 bits per heavy atom. The minimum atomic E-state index is -1.05. The predicted molar refractivity (Wildman–Crippen MR) is 114 cm³/mol. The fourth-order valence-corrected chi connectivity index (χ4v) is 5.27.